The zero-order valence-corrected chi connectivity index (χ0v) is 11.2. The Morgan fingerprint density at radius 1 is 1.16 bits per heavy atom. The Morgan fingerprint density at radius 3 is 2.42 bits per heavy atom. The molecule has 0 radical (unpaired) electrons. The highest BCUT2D eigenvalue weighted by Crippen LogP contribution is 2.29. The number of esters is 1. The Labute approximate surface area is 111 Å². The van der Waals surface area contributed by atoms with Crippen molar-refractivity contribution in [3.8, 4) is 11.5 Å². The molecule has 0 fully saturated rings. The van der Waals surface area contributed by atoms with Crippen LogP contribution in [0.1, 0.15) is 13.3 Å². The maximum atomic E-state index is 11.6. The lowest BCUT2D eigenvalue weighted by atomic mass is 10.2. The summed E-state index contributed by atoms with van der Waals surface area (Å²) in [5.74, 6) is 0.0634. The normalized spacial score (nSPS) is 9.63. The first kappa shape index (κ1) is 14.8. The van der Waals surface area contributed by atoms with Gasteiger partial charge in [-0.15, -0.1) is 0 Å². The summed E-state index contributed by atoms with van der Waals surface area (Å²) in [6, 6.07) is 4.94. The van der Waals surface area contributed by atoms with E-state index in [1.807, 2.05) is 0 Å². The van der Waals surface area contributed by atoms with Crippen LogP contribution in [-0.4, -0.2) is 32.7 Å². The van der Waals surface area contributed by atoms with E-state index >= 15 is 0 Å². The fourth-order valence-electron chi connectivity index (χ4n) is 1.46. The molecule has 1 aromatic carbocycles. The lowest BCUT2D eigenvalue weighted by Gasteiger charge is -2.10. The molecule has 0 saturated carbocycles. The highest BCUT2D eigenvalue weighted by molar-refractivity contribution is 6.02. The molecule has 0 heterocycles. The standard InChI is InChI=1S/C13H17NO5/c1-4-19-13(16)8-12(15)14-9-5-6-10(17-2)11(7-9)18-3/h5-7H,4,8H2,1-3H3,(H,14,15). The summed E-state index contributed by atoms with van der Waals surface area (Å²) < 4.78 is 14.9. The van der Waals surface area contributed by atoms with Crippen LogP contribution < -0.4 is 14.8 Å². The minimum absolute atomic E-state index is 0.252. The van der Waals surface area contributed by atoms with E-state index in [2.05, 4.69) is 10.1 Å². The van der Waals surface area contributed by atoms with Crippen LogP contribution >= 0.6 is 0 Å². The first-order valence-corrected chi connectivity index (χ1v) is 5.78. The molecule has 104 valence electrons. The molecule has 1 amide bonds. The van der Waals surface area contributed by atoms with E-state index in [1.54, 1.807) is 25.1 Å². The van der Waals surface area contributed by atoms with Crippen LogP contribution in [0.25, 0.3) is 0 Å². The Kier molecular flexibility index (Phi) is 5.66. The summed E-state index contributed by atoms with van der Waals surface area (Å²) in [6.07, 6.45) is -0.317. The number of amides is 1. The molecule has 0 aliphatic rings. The van der Waals surface area contributed by atoms with Gasteiger partial charge in [-0.05, 0) is 19.1 Å². The molecular weight excluding hydrogens is 250 g/mol. The maximum Gasteiger partial charge on any atom is 0.315 e. The van der Waals surface area contributed by atoms with Gasteiger partial charge in [0, 0.05) is 11.8 Å². The van der Waals surface area contributed by atoms with Crippen LogP contribution in [0.15, 0.2) is 18.2 Å². The smallest absolute Gasteiger partial charge is 0.315 e. The predicted octanol–water partition coefficient (Wildman–Crippen LogP) is 1.60. The lowest BCUT2D eigenvalue weighted by molar-refractivity contribution is -0.145. The van der Waals surface area contributed by atoms with Crippen molar-refractivity contribution in [2.24, 2.45) is 0 Å². The van der Waals surface area contributed by atoms with Crippen LogP contribution in [0, 0.1) is 0 Å². The number of carbonyl (C=O) groups is 2. The molecule has 1 N–H and O–H groups in total. The number of nitrogens with one attached hydrogen (secondary N) is 1. The summed E-state index contributed by atoms with van der Waals surface area (Å²) >= 11 is 0. The zero-order valence-electron chi connectivity index (χ0n) is 11.2. The molecule has 0 saturated heterocycles. The molecule has 0 atom stereocenters. The van der Waals surface area contributed by atoms with E-state index in [9.17, 15) is 9.59 Å². The molecule has 6 heteroatoms. The fourth-order valence-corrected chi connectivity index (χ4v) is 1.46. The van der Waals surface area contributed by atoms with Crippen molar-refractivity contribution in [1.29, 1.82) is 0 Å². The third kappa shape index (κ3) is 4.50. The number of benzene rings is 1. The Morgan fingerprint density at radius 2 is 1.84 bits per heavy atom. The molecule has 6 nitrogen and oxygen atoms in total. The predicted molar refractivity (Wildman–Crippen MR) is 69.4 cm³/mol. The first-order valence-electron chi connectivity index (χ1n) is 5.78. The van der Waals surface area contributed by atoms with Gasteiger partial charge < -0.3 is 19.5 Å². The number of carbonyl (C=O) groups excluding carboxylic acids is 2. The molecule has 0 aliphatic heterocycles. The number of hydrogen-bond donors (Lipinski definition) is 1. The number of ether oxygens (including phenoxy) is 3. The minimum Gasteiger partial charge on any atom is -0.493 e. The molecule has 19 heavy (non-hydrogen) atoms. The monoisotopic (exact) mass is 267 g/mol. The molecule has 0 bridgehead atoms. The zero-order chi connectivity index (χ0) is 14.3. The van der Waals surface area contributed by atoms with Crippen molar-refractivity contribution < 1.29 is 23.8 Å². The Bertz CT molecular complexity index is 458. The van der Waals surface area contributed by atoms with Crippen molar-refractivity contribution >= 4 is 17.6 Å². The second kappa shape index (κ2) is 7.25. The molecular formula is C13H17NO5. The van der Waals surface area contributed by atoms with Crippen molar-refractivity contribution in [2.45, 2.75) is 13.3 Å². The van der Waals surface area contributed by atoms with Crippen LogP contribution in [0.5, 0.6) is 11.5 Å². The number of hydrogen-bond acceptors (Lipinski definition) is 5. The van der Waals surface area contributed by atoms with Crippen LogP contribution in [-0.2, 0) is 14.3 Å². The van der Waals surface area contributed by atoms with Gasteiger partial charge >= 0.3 is 5.97 Å². The lowest BCUT2D eigenvalue weighted by Crippen LogP contribution is -2.18. The van der Waals surface area contributed by atoms with E-state index in [0.29, 0.717) is 17.2 Å². The van der Waals surface area contributed by atoms with Gasteiger partial charge in [-0.25, -0.2) is 0 Å². The fraction of sp³-hybridized carbons (Fsp3) is 0.385. The number of methoxy groups -OCH3 is 2. The Hall–Kier alpha value is -2.24. The van der Waals surface area contributed by atoms with Gasteiger partial charge in [0.25, 0.3) is 0 Å². The van der Waals surface area contributed by atoms with Gasteiger partial charge in [0.2, 0.25) is 5.91 Å². The second-order valence-electron chi connectivity index (χ2n) is 3.60. The summed E-state index contributed by atoms with van der Waals surface area (Å²) in [6.45, 7) is 1.94. The quantitative estimate of drug-likeness (QED) is 0.626. The second-order valence-corrected chi connectivity index (χ2v) is 3.60. The van der Waals surface area contributed by atoms with Crippen molar-refractivity contribution in [2.75, 3.05) is 26.1 Å². The minimum atomic E-state index is -0.555. The van der Waals surface area contributed by atoms with E-state index in [4.69, 9.17) is 9.47 Å². The van der Waals surface area contributed by atoms with Crippen LogP contribution in [0.3, 0.4) is 0 Å². The highest BCUT2D eigenvalue weighted by atomic mass is 16.5. The van der Waals surface area contributed by atoms with Gasteiger partial charge in [-0.2, -0.15) is 0 Å². The summed E-state index contributed by atoms with van der Waals surface area (Å²) in [4.78, 5) is 22.7. The SMILES string of the molecule is CCOC(=O)CC(=O)Nc1ccc(OC)c(OC)c1. The average Bonchev–Trinajstić information content (AvgIpc) is 2.38. The van der Waals surface area contributed by atoms with Crippen molar-refractivity contribution in [3.63, 3.8) is 0 Å². The molecule has 0 aromatic heterocycles. The first-order chi connectivity index (χ1) is 9.10. The molecule has 0 unspecified atom stereocenters. The summed E-state index contributed by atoms with van der Waals surface area (Å²) in [5, 5.41) is 2.58. The summed E-state index contributed by atoms with van der Waals surface area (Å²) in [7, 11) is 3.03. The third-order valence-corrected chi connectivity index (χ3v) is 2.28. The van der Waals surface area contributed by atoms with Gasteiger partial charge in [0.1, 0.15) is 6.42 Å². The molecule has 1 aromatic rings. The number of anilines is 1. The van der Waals surface area contributed by atoms with E-state index in [0.717, 1.165) is 0 Å². The highest BCUT2D eigenvalue weighted by Gasteiger charge is 2.11. The van der Waals surface area contributed by atoms with Crippen molar-refractivity contribution in [1.82, 2.24) is 0 Å². The molecule has 0 aliphatic carbocycles. The van der Waals surface area contributed by atoms with E-state index in [1.165, 1.54) is 14.2 Å². The Balaban J connectivity index is 2.66. The van der Waals surface area contributed by atoms with E-state index < -0.39 is 11.9 Å². The third-order valence-electron chi connectivity index (χ3n) is 2.28. The van der Waals surface area contributed by atoms with Gasteiger partial charge in [-0.1, -0.05) is 0 Å². The van der Waals surface area contributed by atoms with Gasteiger partial charge in [-0.3, -0.25) is 9.59 Å². The van der Waals surface area contributed by atoms with Crippen LogP contribution in [0.4, 0.5) is 5.69 Å². The van der Waals surface area contributed by atoms with Crippen molar-refractivity contribution in [3.05, 3.63) is 18.2 Å². The maximum absolute atomic E-state index is 11.6. The largest absolute Gasteiger partial charge is 0.493 e. The summed E-state index contributed by atoms with van der Waals surface area (Å²) in [5.41, 5.74) is 0.520. The van der Waals surface area contributed by atoms with E-state index in [-0.39, 0.29) is 13.0 Å². The van der Waals surface area contributed by atoms with Gasteiger partial charge in [0.05, 0.1) is 20.8 Å². The topological polar surface area (TPSA) is 73.9 Å². The molecule has 1 rings (SSSR count). The van der Waals surface area contributed by atoms with Gasteiger partial charge in [0.15, 0.2) is 11.5 Å². The number of rotatable bonds is 6. The average molecular weight is 267 g/mol. The van der Waals surface area contributed by atoms with Crippen LogP contribution in [0.2, 0.25) is 0 Å². The molecule has 0 spiro atoms.